The van der Waals surface area contributed by atoms with Crippen molar-refractivity contribution in [1.82, 2.24) is 10.6 Å². The number of carbonyl (C=O) groups excluding carboxylic acids is 2. The molecule has 0 saturated heterocycles. The Morgan fingerprint density at radius 2 is 1.68 bits per heavy atom. The van der Waals surface area contributed by atoms with Gasteiger partial charge in [0.05, 0.1) is 11.7 Å². The first kappa shape index (κ1) is 28.9. The fourth-order valence-corrected chi connectivity index (χ4v) is 4.49. The number of furan rings is 1. The van der Waals surface area contributed by atoms with E-state index in [1.807, 2.05) is 58.0 Å². The summed E-state index contributed by atoms with van der Waals surface area (Å²) in [5, 5.41) is 6.28. The van der Waals surface area contributed by atoms with Crippen molar-refractivity contribution in [2.75, 3.05) is 13.6 Å². The molecule has 1 fully saturated rings. The third kappa shape index (κ3) is 6.19. The molecule has 1 aromatic heterocycles. The van der Waals surface area contributed by atoms with Crippen molar-refractivity contribution in [3.05, 3.63) is 77.6 Å². The predicted molar refractivity (Wildman–Crippen MR) is 157 cm³/mol. The summed E-state index contributed by atoms with van der Waals surface area (Å²) < 4.78 is 26.0. The van der Waals surface area contributed by atoms with E-state index in [2.05, 4.69) is 10.6 Å². The van der Waals surface area contributed by atoms with Crippen LogP contribution in [-0.4, -0.2) is 31.5 Å². The smallest absolute Gasteiger partial charge is 0.255 e. The summed E-state index contributed by atoms with van der Waals surface area (Å²) in [6.45, 7) is 8.67. The summed E-state index contributed by atoms with van der Waals surface area (Å²) in [6, 6.07) is 16.9. The van der Waals surface area contributed by atoms with Crippen LogP contribution in [0.15, 0.2) is 65.1 Å². The molecule has 3 aromatic carbocycles. The van der Waals surface area contributed by atoms with E-state index in [4.69, 9.17) is 9.15 Å². The van der Waals surface area contributed by atoms with E-state index >= 15 is 0 Å². The van der Waals surface area contributed by atoms with Crippen molar-refractivity contribution >= 4 is 22.8 Å². The van der Waals surface area contributed by atoms with Crippen molar-refractivity contribution in [2.24, 2.45) is 5.92 Å². The summed E-state index contributed by atoms with van der Waals surface area (Å²) in [5.41, 5.74) is 3.58. The Morgan fingerprint density at radius 1 is 0.975 bits per heavy atom. The Labute approximate surface area is 234 Å². The zero-order valence-electron chi connectivity index (χ0n) is 23.8. The molecule has 1 saturated carbocycles. The zero-order valence-corrected chi connectivity index (χ0v) is 23.8. The maximum atomic E-state index is 13.6. The molecule has 2 N–H and O–H groups in total. The summed E-state index contributed by atoms with van der Waals surface area (Å²) in [5.74, 6) is 0.561. The van der Waals surface area contributed by atoms with Crippen molar-refractivity contribution in [3.8, 4) is 28.2 Å². The van der Waals surface area contributed by atoms with Gasteiger partial charge < -0.3 is 19.8 Å². The highest BCUT2D eigenvalue weighted by Gasteiger charge is 2.24. The third-order valence-corrected chi connectivity index (χ3v) is 6.82. The minimum atomic E-state index is -0.370. The molecule has 4 aromatic rings. The fraction of sp³-hybridized carbons (Fsp3) is 0.333. The molecule has 0 bridgehead atoms. The number of ether oxygens (including phenoxy) is 1. The van der Waals surface area contributed by atoms with Gasteiger partial charge in [-0.15, -0.1) is 0 Å². The third-order valence-electron chi connectivity index (χ3n) is 6.82. The molecule has 7 heteroatoms. The van der Waals surface area contributed by atoms with Gasteiger partial charge in [-0.25, -0.2) is 4.39 Å². The second-order valence-electron chi connectivity index (χ2n) is 10.1. The molecule has 0 radical (unpaired) electrons. The van der Waals surface area contributed by atoms with Crippen LogP contribution < -0.4 is 15.4 Å². The second kappa shape index (κ2) is 12.8. The molecule has 0 unspecified atom stereocenters. The average Bonchev–Trinajstić information content (AvgIpc) is 3.33. The summed E-state index contributed by atoms with van der Waals surface area (Å²) in [4.78, 5) is 25.9. The molecule has 6 nitrogen and oxygen atoms in total. The summed E-state index contributed by atoms with van der Waals surface area (Å²) in [6.07, 6.45) is 3.29. The number of rotatable bonds is 8. The van der Waals surface area contributed by atoms with E-state index in [9.17, 15) is 14.0 Å². The van der Waals surface area contributed by atoms with Gasteiger partial charge in [0, 0.05) is 35.7 Å². The van der Waals surface area contributed by atoms with Crippen LogP contribution >= 0.6 is 0 Å². The first-order chi connectivity index (χ1) is 19.3. The van der Waals surface area contributed by atoms with Crippen molar-refractivity contribution in [3.63, 3.8) is 0 Å². The topological polar surface area (TPSA) is 80.6 Å². The van der Waals surface area contributed by atoms with Crippen LogP contribution in [0.25, 0.3) is 33.4 Å². The van der Waals surface area contributed by atoms with Gasteiger partial charge in [0.15, 0.2) is 0 Å². The van der Waals surface area contributed by atoms with Crippen molar-refractivity contribution in [2.45, 2.75) is 53.1 Å². The number of hydrogen-bond acceptors (Lipinski definition) is 4. The van der Waals surface area contributed by atoms with Crippen molar-refractivity contribution in [1.29, 1.82) is 0 Å². The van der Waals surface area contributed by atoms with E-state index < -0.39 is 0 Å². The molecule has 2 amide bonds. The molecule has 1 heterocycles. The molecule has 0 atom stereocenters. The van der Waals surface area contributed by atoms with Gasteiger partial charge in [-0.1, -0.05) is 33.8 Å². The van der Waals surface area contributed by atoms with Gasteiger partial charge in [-0.05, 0) is 85.3 Å². The molecule has 210 valence electrons. The normalized spacial score (nSPS) is 12.9. The van der Waals surface area contributed by atoms with Crippen LogP contribution in [0.3, 0.4) is 0 Å². The van der Waals surface area contributed by atoms with E-state index in [1.165, 1.54) is 12.1 Å². The first-order valence-electron chi connectivity index (χ1n) is 14.0. The molecule has 0 aliphatic heterocycles. The van der Waals surface area contributed by atoms with Crippen LogP contribution in [0.1, 0.15) is 67.7 Å². The number of benzene rings is 3. The van der Waals surface area contributed by atoms with Crippen LogP contribution in [0.2, 0.25) is 0 Å². The van der Waals surface area contributed by atoms with Gasteiger partial charge >= 0.3 is 0 Å². The molecule has 5 rings (SSSR count). The molecular weight excluding hydrogens is 507 g/mol. The molecule has 1 aliphatic rings. The molecular formula is C33H37FN2O4. The Hall–Kier alpha value is -4.13. The Morgan fingerprint density at radius 3 is 2.30 bits per heavy atom. The van der Waals surface area contributed by atoms with E-state index in [0.717, 1.165) is 30.4 Å². The minimum absolute atomic E-state index is 0.149. The van der Waals surface area contributed by atoms with Crippen LogP contribution in [0.5, 0.6) is 5.75 Å². The van der Waals surface area contributed by atoms with E-state index in [1.54, 1.807) is 25.2 Å². The SMILES string of the molecule is CC.CNC(=O)c1c(-c2ccc(F)cc2)oc2ccc(-c3cc(C(=O)NCC(C)C)ccc3OC3CCC3)cc12. The predicted octanol–water partition coefficient (Wildman–Crippen LogP) is 7.61. The maximum absolute atomic E-state index is 13.6. The van der Waals surface area contributed by atoms with Gasteiger partial charge in [0.2, 0.25) is 0 Å². The highest BCUT2D eigenvalue weighted by molar-refractivity contribution is 6.12. The Bertz CT molecular complexity index is 1490. The van der Waals surface area contributed by atoms with Crippen molar-refractivity contribution < 1.29 is 23.1 Å². The number of hydrogen-bond donors (Lipinski definition) is 2. The zero-order chi connectivity index (χ0) is 28.8. The molecule has 0 spiro atoms. The quantitative estimate of drug-likeness (QED) is 0.239. The van der Waals surface area contributed by atoms with Crippen LogP contribution in [0, 0.1) is 11.7 Å². The lowest BCUT2D eigenvalue weighted by Crippen LogP contribution is -2.27. The lowest BCUT2D eigenvalue weighted by Gasteiger charge is -2.27. The highest BCUT2D eigenvalue weighted by atomic mass is 19.1. The standard InChI is InChI=1S/C31H31FN2O4.C2H6/c1-18(2)17-34-30(35)21-10-14-26(37-23-5-4-6-23)24(16-21)20-9-13-27-25(15-20)28(31(36)33-3)29(38-27)19-7-11-22(32)12-8-19;1-2/h7-16,18,23H,4-6,17H2,1-3H3,(H,33,36)(H,34,35);1-2H3. The van der Waals surface area contributed by atoms with Gasteiger partial charge in [-0.2, -0.15) is 0 Å². The lowest BCUT2D eigenvalue weighted by molar-refractivity contribution is 0.0945. The number of carbonyl (C=O) groups is 2. The number of fused-ring (bicyclic) bond motifs is 1. The number of amides is 2. The monoisotopic (exact) mass is 544 g/mol. The summed E-state index contributed by atoms with van der Waals surface area (Å²) in [7, 11) is 1.56. The van der Waals surface area contributed by atoms with Gasteiger partial charge in [0.25, 0.3) is 11.8 Å². The highest BCUT2D eigenvalue weighted by Crippen LogP contribution is 2.39. The number of nitrogens with one attached hydrogen (secondary N) is 2. The first-order valence-corrected chi connectivity index (χ1v) is 14.0. The average molecular weight is 545 g/mol. The van der Waals surface area contributed by atoms with Gasteiger partial charge in [-0.3, -0.25) is 9.59 Å². The van der Waals surface area contributed by atoms with Gasteiger partial charge in [0.1, 0.15) is 22.9 Å². The number of halogens is 1. The maximum Gasteiger partial charge on any atom is 0.255 e. The lowest BCUT2D eigenvalue weighted by atomic mass is 9.95. The van der Waals surface area contributed by atoms with Crippen LogP contribution in [0.4, 0.5) is 4.39 Å². The fourth-order valence-electron chi connectivity index (χ4n) is 4.49. The minimum Gasteiger partial charge on any atom is -0.490 e. The largest absolute Gasteiger partial charge is 0.490 e. The molecule has 40 heavy (non-hydrogen) atoms. The molecule has 1 aliphatic carbocycles. The second-order valence-corrected chi connectivity index (χ2v) is 10.1. The van der Waals surface area contributed by atoms with Crippen LogP contribution in [-0.2, 0) is 0 Å². The Balaban J connectivity index is 0.00000181. The van der Waals surface area contributed by atoms with E-state index in [-0.39, 0.29) is 23.7 Å². The summed E-state index contributed by atoms with van der Waals surface area (Å²) >= 11 is 0. The van der Waals surface area contributed by atoms with E-state index in [0.29, 0.717) is 51.6 Å². The Kier molecular flexibility index (Phi) is 9.25.